The van der Waals surface area contributed by atoms with E-state index < -0.39 is 0 Å². The first-order valence-corrected chi connectivity index (χ1v) is 10.1. The molecule has 1 saturated heterocycles. The standard InChI is InChI=1S/C22H19ClN2O4/c23-15-6-1-2-7-16(15)25-20(26)11-4-3-5-13(8-11)24-21(27)18-12-9-14-17(10-12)29-22(28)19(14)18/h1-8,12,14,17-19H,9-10H2,(H,24,27)(H,25,26)/t12-,14-,17+,18-,19-/m0/s1. The van der Waals surface area contributed by atoms with Crippen molar-refractivity contribution in [2.24, 2.45) is 23.7 Å². The third-order valence-electron chi connectivity index (χ3n) is 6.30. The van der Waals surface area contributed by atoms with Gasteiger partial charge in [0.2, 0.25) is 5.91 Å². The highest BCUT2D eigenvalue weighted by Gasteiger charge is 2.63. The first kappa shape index (κ1) is 18.2. The molecule has 1 heterocycles. The van der Waals surface area contributed by atoms with Crippen molar-refractivity contribution < 1.29 is 19.1 Å². The number of ether oxygens (including phenoxy) is 1. The number of hydrogen-bond donors (Lipinski definition) is 2. The number of esters is 1. The first-order chi connectivity index (χ1) is 14.0. The minimum Gasteiger partial charge on any atom is -0.462 e. The molecule has 5 atom stereocenters. The van der Waals surface area contributed by atoms with Crippen LogP contribution < -0.4 is 10.6 Å². The molecular weight excluding hydrogens is 392 g/mol. The number of benzene rings is 2. The first-order valence-electron chi connectivity index (χ1n) is 9.68. The van der Waals surface area contributed by atoms with E-state index >= 15 is 0 Å². The number of hydrogen-bond acceptors (Lipinski definition) is 4. The SMILES string of the molecule is O=C(Nc1ccccc1Cl)c1cccc(NC(=O)[C@H]2[C@H]3C[C@@H]4[C@@H]2C(=O)O[C@@H]4C3)c1. The number of para-hydroxylation sites is 1. The van der Waals surface area contributed by atoms with Crippen molar-refractivity contribution in [3.05, 3.63) is 59.1 Å². The van der Waals surface area contributed by atoms with Crippen LogP contribution in [0.1, 0.15) is 23.2 Å². The minimum absolute atomic E-state index is 0.00150. The van der Waals surface area contributed by atoms with Crippen molar-refractivity contribution in [1.29, 1.82) is 0 Å². The van der Waals surface area contributed by atoms with Gasteiger partial charge in [0.25, 0.3) is 5.91 Å². The van der Waals surface area contributed by atoms with Gasteiger partial charge in [-0.25, -0.2) is 0 Å². The van der Waals surface area contributed by atoms with Gasteiger partial charge in [0.15, 0.2) is 0 Å². The Hall–Kier alpha value is -2.86. The summed E-state index contributed by atoms with van der Waals surface area (Å²) in [6.07, 6.45) is 1.64. The van der Waals surface area contributed by atoms with Gasteiger partial charge in [-0.05, 0) is 49.1 Å². The molecule has 148 valence electrons. The lowest BCUT2D eigenvalue weighted by atomic mass is 9.79. The van der Waals surface area contributed by atoms with Gasteiger partial charge in [0.05, 0.1) is 22.5 Å². The van der Waals surface area contributed by atoms with E-state index in [2.05, 4.69) is 10.6 Å². The molecule has 2 bridgehead atoms. The van der Waals surface area contributed by atoms with Crippen molar-refractivity contribution >= 4 is 40.8 Å². The normalized spacial score (nSPS) is 28.9. The van der Waals surface area contributed by atoms with Crippen LogP contribution in [0, 0.1) is 23.7 Å². The highest BCUT2D eigenvalue weighted by Crippen LogP contribution is 2.57. The summed E-state index contributed by atoms with van der Waals surface area (Å²) in [6.45, 7) is 0. The summed E-state index contributed by atoms with van der Waals surface area (Å²) in [6, 6.07) is 13.7. The van der Waals surface area contributed by atoms with E-state index in [9.17, 15) is 14.4 Å². The van der Waals surface area contributed by atoms with Gasteiger partial charge >= 0.3 is 5.97 Å². The molecule has 2 aromatic carbocycles. The summed E-state index contributed by atoms with van der Waals surface area (Å²) in [5, 5.41) is 6.10. The van der Waals surface area contributed by atoms with E-state index in [1.807, 2.05) is 0 Å². The lowest BCUT2D eigenvalue weighted by Gasteiger charge is -2.23. The Morgan fingerprint density at radius 1 is 1.03 bits per heavy atom. The van der Waals surface area contributed by atoms with Gasteiger partial charge < -0.3 is 15.4 Å². The van der Waals surface area contributed by atoms with Gasteiger partial charge in [-0.3, -0.25) is 14.4 Å². The van der Waals surface area contributed by atoms with E-state index in [1.54, 1.807) is 48.5 Å². The zero-order valence-electron chi connectivity index (χ0n) is 15.4. The number of anilines is 2. The zero-order valence-corrected chi connectivity index (χ0v) is 16.2. The summed E-state index contributed by atoms with van der Waals surface area (Å²) in [5.74, 6) is -1.06. The zero-order chi connectivity index (χ0) is 20.1. The molecule has 2 N–H and O–H groups in total. The molecule has 0 spiro atoms. The second-order valence-electron chi connectivity index (χ2n) is 7.93. The molecule has 0 radical (unpaired) electrons. The van der Waals surface area contributed by atoms with Crippen LogP contribution in [-0.2, 0) is 14.3 Å². The Morgan fingerprint density at radius 2 is 1.86 bits per heavy atom. The molecule has 7 heteroatoms. The van der Waals surface area contributed by atoms with Gasteiger partial charge in [0, 0.05) is 17.2 Å². The number of nitrogens with one attached hydrogen (secondary N) is 2. The lowest BCUT2D eigenvalue weighted by Crippen LogP contribution is -2.35. The lowest BCUT2D eigenvalue weighted by molar-refractivity contribution is -0.145. The van der Waals surface area contributed by atoms with Crippen LogP contribution in [0.5, 0.6) is 0 Å². The largest absolute Gasteiger partial charge is 0.462 e. The summed E-state index contributed by atoms with van der Waals surface area (Å²) >= 11 is 6.09. The highest BCUT2D eigenvalue weighted by molar-refractivity contribution is 6.33. The van der Waals surface area contributed by atoms with Gasteiger partial charge in [-0.1, -0.05) is 29.8 Å². The summed E-state index contributed by atoms with van der Waals surface area (Å²) in [7, 11) is 0. The fraction of sp³-hybridized carbons (Fsp3) is 0.318. The van der Waals surface area contributed by atoms with Gasteiger partial charge in [-0.2, -0.15) is 0 Å². The summed E-state index contributed by atoms with van der Waals surface area (Å²) in [5.41, 5.74) is 1.44. The van der Waals surface area contributed by atoms with Crippen LogP contribution in [0.2, 0.25) is 5.02 Å². The van der Waals surface area contributed by atoms with Gasteiger partial charge in [0.1, 0.15) is 6.10 Å². The second kappa shape index (κ2) is 6.88. The average molecular weight is 411 g/mol. The fourth-order valence-electron chi connectivity index (χ4n) is 5.08. The third kappa shape index (κ3) is 3.08. The number of amides is 2. The summed E-state index contributed by atoms with van der Waals surface area (Å²) < 4.78 is 5.40. The van der Waals surface area contributed by atoms with Crippen molar-refractivity contribution in [3.8, 4) is 0 Å². The van der Waals surface area contributed by atoms with Crippen LogP contribution in [-0.4, -0.2) is 23.9 Å². The van der Waals surface area contributed by atoms with Gasteiger partial charge in [-0.15, -0.1) is 0 Å². The minimum atomic E-state index is -0.355. The Morgan fingerprint density at radius 3 is 2.69 bits per heavy atom. The van der Waals surface area contributed by atoms with Crippen LogP contribution >= 0.6 is 11.6 Å². The van der Waals surface area contributed by atoms with Crippen molar-refractivity contribution in [2.45, 2.75) is 18.9 Å². The molecular formula is C22H19ClN2O4. The van der Waals surface area contributed by atoms with Crippen LogP contribution in [0.15, 0.2) is 48.5 Å². The maximum Gasteiger partial charge on any atom is 0.310 e. The van der Waals surface area contributed by atoms with Crippen molar-refractivity contribution in [2.75, 3.05) is 10.6 Å². The Kier molecular flexibility index (Phi) is 4.32. The molecule has 3 fully saturated rings. The molecule has 29 heavy (non-hydrogen) atoms. The maximum absolute atomic E-state index is 12.9. The van der Waals surface area contributed by atoms with E-state index in [0.29, 0.717) is 22.0 Å². The van der Waals surface area contributed by atoms with Crippen LogP contribution in [0.4, 0.5) is 11.4 Å². The van der Waals surface area contributed by atoms with E-state index in [-0.39, 0.29) is 47.6 Å². The molecule has 6 nitrogen and oxygen atoms in total. The number of rotatable bonds is 4. The van der Waals surface area contributed by atoms with Crippen molar-refractivity contribution in [1.82, 2.24) is 0 Å². The number of carbonyl (C=O) groups excluding carboxylic acids is 3. The molecule has 1 aliphatic heterocycles. The average Bonchev–Trinajstić information content (AvgIpc) is 3.32. The predicted molar refractivity (Wildman–Crippen MR) is 108 cm³/mol. The number of fused-ring (bicyclic) bond motifs is 1. The smallest absolute Gasteiger partial charge is 0.310 e. The Bertz CT molecular complexity index is 1020. The fourth-order valence-corrected chi connectivity index (χ4v) is 5.27. The number of halogens is 1. The number of carbonyl (C=O) groups is 3. The molecule has 0 unspecified atom stereocenters. The van der Waals surface area contributed by atoms with Crippen molar-refractivity contribution in [3.63, 3.8) is 0 Å². The molecule has 2 aliphatic carbocycles. The molecule has 2 aromatic rings. The molecule has 2 amide bonds. The van der Waals surface area contributed by atoms with E-state index in [1.165, 1.54) is 0 Å². The topological polar surface area (TPSA) is 84.5 Å². The second-order valence-corrected chi connectivity index (χ2v) is 8.33. The molecule has 3 aliphatic rings. The quantitative estimate of drug-likeness (QED) is 0.752. The molecule has 0 aromatic heterocycles. The molecule has 5 rings (SSSR count). The van der Waals surface area contributed by atoms with E-state index in [0.717, 1.165) is 12.8 Å². The molecule has 2 saturated carbocycles. The summed E-state index contributed by atoms with van der Waals surface area (Å²) in [4.78, 5) is 37.6. The monoisotopic (exact) mass is 410 g/mol. The third-order valence-corrected chi connectivity index (χ3v) is 6.63. The highest BCUT2D eigenvalue weighted by atomic mass is 35.5. The Balaban J connectivity index is 1.30. The Labute approximate surface area is 172 Å². The predicted octanol–water partition coefficient (Wildman–Crippen LogP) is 3.73. The van der Waals surface area contributed by atoms with Crippen LogP contribution in [0.3, 0.4) is 0 Å². The maximum atomic E-state index is 12.9. The van der Waals surface area contributed by atoms with E-state index in [4.69, 9.17) is 16.3 Å². The van der Waals surface area contributed by atoms with Crippen LogP contribution in [0.25, 0.3) is 0 Å².